The third-order valence-corrected chi connectivity index (χ3v) is 5.24. The van der Waals surface area contributed by atoms with E-state index < -0.39 is 0 Å². The molecular formula is C26H19BrFN3O. The number of hydrogen-bond donors (Lipinski definition) is 1. The van der Waals surface area contributed by atoms with E-state index in [2.05, 4.69) is 31.2 Å². The van der Waals surface area contributed by atoms with Gasteiger partial charge < -0.3 is 5.32 Å². The molecule has 3 aromatic carbocycles. The molecule has 0 unspecified atom stereocenters. The summed E-state index contributed by atoms with van der Waals surface area (Å²) >= 11 is 3.39. The average Bonchev–Trinajstić information content (AvgIpc) is 2.81. The Balaban J connectivity index is 1.62. The molecule has 32 heavy (non-hydrogen) atoms. The Bertz CT molecular complexity index is 1240. The van der Waals surface area contributed by atoms with Crippen LogP contribution in [0.1, 0.15) is 16.8 Å². The number of benzene rings is 3. The average molecular weight is 488 g/mol. The van der Waals surface area contributed by atoms with Crippen LogP contribution in [0.4, 0.5) is 10.2 Å². The summed E-state index contributed by atoms with van der Waals surface area (Å²) in [6, 6.07) is 23.4. The number of hydrogen-bond acceptors (Lipinski definition) is 3. The molecule has 158 valence electrons. The van der Waals surface area contributed by atoms with Crippen molar-refractivity contribution in [1.29, 1.82) is 0 Å². The van der Waals surface area contributed by atoms with Gasteiger partial charge in [0.25, 0.3) is 0 Å². The minimum atomic E-state index is -0.317. The highest BCUT2D eigenvalue weighted by Gasteiger charge is 2.11. The van der Waals surface area contributed by atoms with Crippen molar-refractivity contribution in [2.45, 2.75) is 6.42 Å². The van der Waals surface area contributed by atoms with Gasteiger partial charge >= 0.3 is 0 Å². The first-order valence-electron chi connectivity index (χ1n) is 9.97. The van der Waals surface area contributed by atoms with Crippen LogP contribution in [0.3, 0.4) is 0 Å². The van der Waals surface area contributed by atoms with E-state index in [9.17, 15) is 9.18 Å². The van der Waals surface area contributed by atoms with Crippen molar-refractivity contribution in [2.24, 2.45) is 0 Å². The molecule has 0 bridgehead atoms. The van der Waals surface area contributed by atoms with Crippen LogP contribution < -0.4 is 5.32 Å². The van der Waals surface area contributed by atoms with E-state index in [1.54, 1.807) is 18.3 Å². The summed E-state index contributed by atoms with van der Waals surface area (Å²) in [4.78, 5) is 21.7. The van der Waals surface area contributed by atoms with E-state index in [0.717, 1.165) is 21.2 Å². The molecule has 0 saturated carbocycles. The van der Waals surface area contributed by atoms with Crippen LogP contribution in [0.15, 0.2) is 89.5 Å². The van der Waals surface area contributed by atoms with Gasteiger partial charge in [-0.3, -0.25) is 4.79 Å². The van der Waals surface area contributed by atoms with Gasteiger partial charge in [0.2, 0.25) is 5.91 Å². The Hall–Kier alpha value is -3.64. The smallest absolute Gasteiger partial charge is 0.230 e. The molecule has 4 aromatic rings. The van der Waals surface area contributed by atoms with Crippen LogP contribution in [-0.4, -0.2) is 15.9 Å². The Kier molecular flexibility index (Phi) is 6.82. The van der Waals surface area contributed by atoms with E-state index in [1.165, 1.54) is 12.1 Å². The number of carbonyl (C=O) groups is 1. The van der Waals surface area contributed by atoms with E-state index in [4.69, 9.17) is 0 Å². The van der Waals surface area contributed by atoms with Crippen LogP contribution in [0.5, 0.6) is 0 Å². The van der Waals surface area contributed by atoms with E-state index >= 15 is 0 Å². The van der Waals surface area contributed by atoms with Gasteiger partial charge in [0, 0.05) is 10.0 Å². The number of rotatable bonds is 6. The molecule has 6 heteroatoms. The highest BCUT2D eigenvalue weighted by Crippen LogP contribution is 2.22. The van der Waals surface area contributed by atoms with Crippen molar-refractivity contribution in [3.05, 3.63) is 112 Å². The lowest BCUT2D eigenvalue weighted by atomic mass is 10.1. The van der Waals surface area contributed by atoms with Crippen LogP contribution in [0.25, 0.3) is 23.4 Å². The number of carbonyl (C=O) groups excluding carboxylic acids is 1. The molecule has 4 rings (SSSR count). The van der Waals surface area contributed by atoms with Crippen molar-refractivity contribution in [1.82, 2.24) is 9.97 Å². The molecule has 0 fully saturated rings. The van der Waals surface area contributed by atoms with Crippen molar-refractivity contribution in [3.63, 3.8) is 0 Å². The Morgan fingerprint density at radius 3 is 2.38 bits per heavy atom. The second-order valence-corrected chi connectivity index (χ2v) is 8.01. The minimum absolute atomic E-state index is 0.189. The number of halogens is 2. The number of aromatic nitrogens is 2. The van der Waals surface area contributed by atoms with Crippen molar-refractivity contribution in [3.8, 4) is 11.3 Å². The van der Waals surface area contributed by atoms with Crippen LogP contribution in [0, 0.1) is 5.82 Å². The summed E-state index contributed by atoms with van der Waals surface area (Å²) in [6.45, 7) is 0. The van der Waals surface area contributed by atoms with Crippen LogP contribution >= 0.6 is 15.9 Å². The van der Waals surface area contributed by atoms with Crippen molar-refractivity contribution < 1.29 is 9.18 Å². The zero-order valence-electron chi connectivity index (χ0n) is 17.0. The van der Waals surface area contributed by atoms with E-state index in [-0.39, 0.29) is 18.1 Å². The molecule has 1 N–H and O–H groups in total. The SMILES string of the molecule is O=C(Cc1ccc(Br)cc1)Nc1ncc(-c2ccc(F)cc2)nc1C=Cc1ccccc1. The van der Waals surface area contributed by atoms with Crippen LogP contribution in [0.2, 0.25) is 0 Å². The quantitative estimate of drug-likeness (QED) is 0.342. The largest absolute Gasteiger partial charge is 0.309 e. The molecular weight excluding hydrogens is 469 g/mol. The molecule has 0 radical (unpaired) electrons. The van der Waals surface area contributed by atoms with Gasteiger partial charge in [0.05, 0.1) is 18.3 Å². The van der Waals surface area contributed by atoms with Gasteiger partial charge in [-0.2, -0.15) is 0 Å². The fourth-order valence-electron chi connectivity index (χ4n) is 3.08. The molecule has 0 aliphatic heterocycles. The van der Waals surface area contributed by atoms with E-state index in [1.807, 2.05) is 66.7 Å². The molecule has 4 nitrogen and oxygen atoms in total. The Morgan fingerprint density at radius 2 is 1.66 bits per heavy atom. The minimum Gasteiger partial charge on any atom is -0.309 e. The zero-order valence-corrected chi connectivity index (χ0v) is 18.6. The molecule has 1 heterocycles. The maximum Gasteiger partial charge on any atom is 0.230 e. The topological polar surface area (TPSA) is 54.9 Å². The van der Waals surface area contributed by atoms with Crippen molar-refractivity contribution >= 4 is 39.8 Å². The third kappa shape index (κ3) is 5.74. The highest BCUT2D eigenvalue weighted by atomic mass is 79.9. The number of nitrogens with zero attached hydrogens (tertiary/aromatic N) is 2. The highest BCUT2D eigenvalue weighted by molar-refractivity contribution is 9.10. The lowest BCUT2D eigenvalue weighted by Gasteiger charge is -2.10. The van der Waals surface area contributed by atoms with Gasteiger partial charge in [0.15, 0.2) is 5.82 Å². The molecule has 1 aromatic heterocycles. The fraction of sp³-hybridized carbons (Fsp3) is 0.0385. The van der Waals surface area contributed by atoms with Gasteiger partial charge in [0.1, 0.15) is 11.5 Å². The van der Waals surface area contributed by atoms with Crippen LogP contribution in [-0.2, 0) is 11.2 Å². The monoisotopic (exact) mass is 487 g/mol. The second-order valence-electron chi connectivity index (χ2n) is 7.09. The first kappa shape index (κ1) is 21.6. The second kappa shape index (κ2) is 10.1. The first-order valence-corrected chi connectivity index (χ1v) is 10.8. The summed E-state index contributed by atoms with van der Waals surface area (Å²) in [5.41, 5.74) is 3.72. The number of amides is 1. The summed E-state index contributed by atoms with van der Waals surface area (Å²) in [6.07, 6.45) is 5.51. The summed E-state index contributed by atoms with van der Waals surface area (Å²) < 4.78 is 14.3. The lowest BCUT2D eigenvalue weighted by molar-refractivity contribution is -0.115. The number of nitrogens with one attached hydrogen (secondary N) is 1. The molecule has 0 saturated heterocycles. The fourth-order valence-corrected chi connectivity index (χ4v) is 3.34. The molecule has 1 amide bonds. The summed E-state index contributed by atoms with van der Waals surface area (Å²) in [5.74, 6) is -0.140. The van der Waals surface area contributed by atoms with Gasteiger partial charge in [-0.05, 0) is 53.6 Å². The Morgan fingerprint density at radius 1 is 0.938 bits per heavy atom. The molecule has 0 aliphatic rings. The summed E-state index contributed by atoms with van der Waals surface area (Å²) in [5, 5.41) is 2.86. The maximum absolute atomic E-state index is 13.3. The maximum atomic E-state index is 13.3. The van der Waals surface area contributed by atoms with Gasteiger partial charge in [-0.15, -0.1) is 0 Å². The zero-order chi connectivity index (χ0) is 22.3. The first-order chi connectivity index (χ1) is 15.6. The van der Waals surface area contributed by atoms with Crippen molar-refractivity contribution in [2.75, 3.05) is 5.32 Å². The molecule has 0 spiro atoms. The van der Waals surface area contributed by atoms with E-state index in [0.29, 0.717) is 17.2 Å². The Labute approximate surface area is 194 Å². The molecule has 0 atom stereocenters. The van der Waals surface area contributed by atoms with Gasteiger partial charge in [-0.1, -0.05) is 64.5 Å². The normalized spacial score (nSPS) is 10.9. The summed E-state index contributed by atoms with van der Waals surface area (Å²) in [7, 11) is 0. The predicted octanol–water partition coefficient (Wildman–Crippen LogP) is 6.40. The standard InChI is InChI=1S/C26H19BrFN3O/c27-21-11-6-19(7-12-21)16-25(32)31-26-23(15-8-18-4-2-1-3-5-18)30-24(17-29-26)20-9-13-22(28)14-10-20/h1-15,17H,16H2,(H,29,31,32). The number of anilines is 1. The molecule has 0 aliphatic carbocycles. The predicted molar refractivity (Wildman–Crippen MR) is 129 cm³/mol. The third-order valence-electron chi connectivity index (χ3n) is 4.71. The van der Waals surface area contributed by atoms with Gasteiger partial charge in [-0.25, -0.2) is 14.4 Å². The lowest BCUT2D eigenvalue weighted by Crippen LogP contribution is -2.16.